The first-order chi connectivity index (χ1) is 14.1. The molecule has 0 unspecified atom stereocenters. The molecular weight excluding hydrogens is 371 g/mol. The monoisotopic (exact) mass is 388 g/mol. The van der Waals surface area contributed by atoms with Crippen molar-refractivity contribution in [1.29, 1.82) is 0 Å². The van der Waals surface area contributed by atoms with Crippen LogP contribution >= 0.6 is 0 Å². The maximum atomic E-state index is 13.9. The fraction of sp³-hybridized carbons (Fsp3) is 0.0455. The average molecular weight is 388 g/mol. The Balaban J connectivity index is 1.62. The molecule has 0 saturated carbocycles. The smallest absolute Gasteiger partial charge is 0.287 e. The van der Waals surface area contributed by atoms with Gasteiger partial charge in [-0.3, -0.25) is 14.0 Å². The van der Waals surface area contributed by atoms with E-state index in [9.17, 15) is 14.0 Å². The highest BCUT2D eigenvalue weighted by molar-refractivity contribution is 6.09. The summed E-state index contributed by atoms with van der Waals surface area (Å²) in [7, 11) is 0. The number of carbonyl (C=O) groups is 2. The molecule has 2 heterocycles. The lowest BCUT2D eigenvalue weighted by molar-refractivity contribution is 0.0940. The summed E-state index contributed by atoms with van der Waals surface area (Å²) in [6.07, 6.45) is 1.65. The highest BCUT2D eigenvalue weighted by atomic mass is 19.1. The highest BCUT2D eigenvalue weighted by Gasteiger charge is 2.22. The van der Waals surface area contributed by atoms with Crippen molar-refractivity contribution < 1.29 is 14.0 Å². The van der Waals surface area contributed by atoms with E-state index < -0.39 is 17.6 Å². The number of hydrogen-bond donors (Lipinski definition) is 2. The fourth-order valence-electron chi connectivity index (χ4n) is 2.97. The molecule has 4 rings (SSSR count). The molecule has 0 bridgehead atoms. The SMILES string of the molecule is O=C(Nc1ccccc1F)c1nc(C(=O)NCc2ccccc2)n2ccccc12. The molecule has 4 aromatic rings. The van der Waals surface area contributed by atoms with Gasteiger partial charge in [0.2, 0.25) is 5.82 Å². The van der Waals surface area contributed by atoms with Crippen molar-refractivity contribution >= 4 is 23.0 Å². The van der Waals surface area contributed by atoms with Crippen LogP contribution in [0.1, 0.15) is 26.7 Å². The molecule has 7 heteroatoms. The second-order valence-corrected chi connectivity index (χ2v) is 6.34. The average Bonchev–Trinajstić information content (AvgIpc) is 3.14. The number of imidazole rings is 1. The van der Waals surface area contributed by atoms with Gasteiger partial charge in [0.15, 0.2) is 5.69 Å². The van der Waals surface area contributed by atoms with Crippen molar-refractivity contribution in [3.63, 3.8) is 0 Å². The minimum Gasteiger partial charge on any atom is -0.345 e. The summed E-state index contributed by atoms with van der Waals surface area (Å²) in [5.74, 6) is -1.48. The fourth-order valence-corrected chi connectivity index (χ4v) is 2.97. The van der Waals surface area contributed by atoms with Crippen molar-refractivity contribution in [1.82, 2.24) is 14.7 Å². The summed E-state index contributed by atoms with van der Waals surface area (Å²) in [6.45, 7) is 0.332. The molecular formula is C22H17FN4O2. The van der Waals surface area contributed by atoms with Crippen LogP contribution in [-0.2, 0) is 6.54 Å². The molecule has 0 saturated heterocycles. The number of benzene rings is 2. The largest absolute Gasteiger partial charge is 0.345 e. The van der Waals surface area contributed by atoms with Crippen LogP contribution in [0.4, 0.5) is 10.1 Å². The van der Waals surface area contributed by atoms with Gasteiger partial charge in [-0.1, -0.05) is 48.5 Å². The van der Waals surface area contributed by atoms with E-state index in [4.69, 9.17) is 0 Å². The Kier molecular flexibility index (Phi) is 5.03. The number of amides is 2. The van der Waals surface area contributed by atoms with Gasteiger partial charge in [0, 0.05) is 12.7 Å². The maximum Gasteiger partial charge on any atom is 0.287 e. The molecule has 0 radical (unpaired) electrons. The molecule has 2 amide bonds. The summed E-state index contributed by atoms with van der Waals surface area (Å²) < 4.78 is 15.4. The number of fused-ring (bicyclic) bond motifs is 1. The number of anilines is 1. The Hall–Kier alpha value is -4.00. The minimum atomic E-state index is -0.596. The van der Waals surface area contributed by atoms with Crippen LogP contribution in [-0.4, -0.2) is 21.2 Å². The highest BCUT2D eigenvalue weighted by Crippen LogP contribution is 2.18. The number of nitrogens with zero attached hydrogens (tertiary/aromatic N) is 2. The summed E-state index contributed by atoms with van der Waals surface area (Å²) >= 11 is 0. The minimum absolute atomic E-state index is 0.0405. The van der Waals surface area contributed by atoms with Gasteiger partial charge in [0.1, 0.15) is 5.82 Å². The third kappa shape index (κ3) is 3.84. The topological polar surface area (TPSA) is 75.5 Å². The van der Waals surface area contributed by atoms with E-state index in [0.717, 1.165) is 5.56 Å². The molecule has 6 nitrogen and oxygen atoms in total. The van der Waals surface area contributed by atoms with Crippen molar-refractivity contribution in [2.75, 3.05) is 5.32 Å². The lowest BCUT2D eigenvalue weighted by Crippen LogP contribution is -2.25. The summed E-state index contributed by atoms with van der Waals surface area (Å²) in [6, 6.07) is 20.5. The van der Waals surface area contributed by atoms with E-state index in [-0.39, 0.29) is 17.2 Å². The molecule has 2 aromatic heterocycles. The normalized spacial score (nSPS) is 10.7. The van der Waals surface area contributed by atoms with Gasteiger partial charge in [0.25, 0.3) is 11.8 Å². The van der Waals surface area contributed by atoms with E-state index in [0.29, 0.717) is 12.1 Å². The number of aromatic nitrogens is 2. The molecule has 0 fully saturated rings. The molecule has 0 aliphatic heterocycles. The van der Waals surface area contributed by atoms with Crippen molar-refractivity contribution in [2.45, 2.75) is 6.54 Å². The van der Waals surface area contributed by atoms with Gasteiger partial charge in [0.05, 0.1) is 11.2 Å². The number of nitrogens with one attached hydrogen (secondary N) is 2. The molecule has 0 aliphatic rings. The summed E-state index contributed by atoms with van der Waals surface area (Å²) in [5, 5.41) is 5.31. The summed E-state index contributed by atoms with van der Waals surface area (Å²) in [5.41, 5.74) is 1.48. The van der Waals surface area contributed by atoms with Gasteiger partial charge < -0.3 is 10.6 Å². The lowest BCUT2D eigenvalue weighted by atomic mass is 10.2. The van der Waals surface area contributed by atoms with E-state index in [1.165, 1.54) is 22.6 Å². The standard InChI is InChI=1S/C22H17FN4O2/c23-16-10-4-5-11-17(16)25-21(28)19-18-12-6-7-13-27(18)20(26-19)22(29)24-14-15-8-2-1-3-9-15/h1-13H,14H2,(H,24,29)(H,25,28). The van der Waals surface area contributed by atoms with Gasteiger partial charge in [-0.2, -0.15) is 0 Å². The Morgan fingerprint density at radius 2 is 1.62 bits per heavy atom. The van der Waals surface area contributed by atoms with E-state index >= 15 is 0 Å². The Morgan fingerprint density at radius 3 is 2.41 bits per heavy atom. The number of halogens is 1. The van der Waals surface area contributed by atoms with E-state index in [2.05, 4.69) is 15.6 Å². The van der Waals surface area contributed by atoms with Gasteiger partial charge in [-0.15, -0.1) is 0 Å². The molecule has 0 aliphatic carbocycles. The van der Waals surface area contributed by atoms with Crippen LogP contribution in [0.25, 0.3) is 5.52 Å². The maximum absolute atomic E-state index is 13.9. The Labute approximate surface area is 166 Å². The molecule has 29 heavy (non-hydrogen) atoms. The van der Waals surface area contributed by atoms with Crippen LogP contribution in [0, 0.1) is 5.82 Å². The number of pyridine rings is 1. The summed E-state index contributed by atoms with van der Waals surface area (Å²) in [4.78, 5) is 29.6. The first kappa shape index (κ1) is 18.4. The zero-order valence-corrected chi connectivity index (χ0v) is 15.3. The number of hydrogen-bond acceptors (Lipinski definition) is 3. The number of carbonyl (C=O) groups excluding carboxylic acids is 2. The zero-order chi connectivity index (χ0) is 20.2. The molecule has 2 aromatic carbocycles. The van der Waals surface area contributed by atoms with Crippen LogP contribution in [0.3, 0.4) is 0 Å². The van der Waals surface area contributed by atoms with E-state index in [1.807, 2.05) is 30.3 Å². The van der Waals surface area contributed by atoms with Crippen molar-refractivity contribution in [3.8, 4) is 0 Å². The first-order valence-corrected chi connectivity index (χ1v) is 8.98. The van der Waals surface area contributed by atoms with Gasteiger partial charge in [-0.25, -0.2) is 9.37 Å². The van der Waals surface area contributed by atoms with Gasteiger partial charge in [-0.05, 0) is 29.8 Å². The Bertz CT molecular complexity index is 1190. The molecule has 0 atom stereocenters. The molecule has 0 spiro atoms. The number of para-hydroxylation sites is 1. The van der Waals surface area contributed by atoms with Crippen LogP contribution in [0.15, 0.2) is 79.0 Å². The predicted molar refractivity (Wildman–Crippen MR) is 107 cm³/mol. The van der Waals surface area contributed by atoms with Crippen LogP contribution < -0.4 is 10.6 Å². The van der Waals surface area contributed by atoms with Crippen molar-refractivity contribution in [3.05, 3.63) is 102 Å². The third-order valence-electron chi connectivity index (χ3n) is 4.38. The van der Waals surface area contributed by atoms with Crippen LogP contribution in [0.5, 0.6) is 0 Å². The van der Waals surface area contributed by atoms with Gasteiger partial charge >= 0.3 is 0 Å². The first-order valence-electron chi connectivity index (χ1n) is 8.98. The zero-order valence-electron chi connectivity index (χ0n) is 15.3. The second-order valence-electron chi connectivity index (χ2n) is 6.34. The quantitative estimate of drug-likeness (QED) is 0.548. The van der Waals surface area contributed by atoms with Crippen LogP contribution in [0.2, 0.25) is 0 Å². The molecule has 2 N–H and O–H groups in total. The second kappa shape index (κ2) is 7.93. The Morgan fingerprint density at radius 1 is 0.897 bits per heavy atom. The third-order valence-corrected chi connectivity index (χ3v) is 4.38. The van der Waals surface area contributed by atoms with Crippen molar-refractivity contribution in [2.24, 2.45) is 0 Å². The molecule has 144 valence electrons. The lowest BCUT2D eigenvalue weighted by Gasteiger charge is -2.04. The van der Waals surface area contributed by atoms with E-state index in [1.54, 1.807) is 30.5 Å². The number of rotatable bonds is 5. The predicted octanol–water partition coefficient (Wildman–Crippen LogP) is 3.66.